The number of aryl methyl sites for hydroxylation is 1. The first-order valence-electron chi connectivity index (χ1n) is 10.1. The number of carbonyl (C=O) groups excluding carboxylic acids is 3. The second-order valence-electron chi connectivity index (χ2n) is 7.83. The van der Waals surface area contributed by atoms with E-state index in [-0.39, 0.29) is 31.0 Å². The molecular weight excluding hydrogens is 442 g/mol. The quantitative estimate of drug-likeness (QED) is 0.174. The Bertz CT molecular complexity index is 853. The molecule has 0 bridgehead atoms. The third-order valence-electron chi connectivity index (χ3n) is 4.40. The summed E-state index contributed by atoms with van der Waals surface area (Å²) in [6.45, 7) is 3.22. The van der Waals surface area contributed by atoms with E-state index in [1.165, 1.54) is 20.8 Å². The van der Waals surface area contributed by atoms with Gasteiger partial charge in [-0.1, -0.05) is 44.2 Å². The Kier molecular flexibility index (Phi) is 11.3. The maximum atomic E-state index is 12.0. The lowest BCUT2D eigenvalue weighted by atomic mass is 9.88. The predicted molar refractivity (Wildman–Crippen MR) is 115 cm³/mol. The fraction of sp³-hybridized carbons (Fsp3) is 0.571. The SMILES string of the molecule is CC(=O)NCCCS(=O)(=O)OCC(C)(C)[C@@H](O)C(=O)OCOC(=O)CCc1ccccc1. The van der Waals surface area contributed by atoms with Gasteiger partial charge in [-0.15, -0.1) is 0 Å². The van der Waals surface area contributed by atoms with Gasteiger partial charge in [-0.2, -0.15) is 8.42 Å². The number of benzene rings is 1. The van der Waals surface area contributed by atoms with Crippen LogP contribution in [0.2, 0.25) is 0 Å². The number of aliphatic hydroxyl groups is 1. The average Bonchev–Trinajstić information content (AvgIpc) is 2.74. The van der Waals surface area contributed by atoms with E-state index < -0.39 is 47.0 Å². The number of hydrogen-bond acceptors (Lipinski definition) is 9. The van der Waals surface area contributed by atoms with Crippen molar-refractivity contribution in [2.24, 2.45) is 5.41 Å². The molecule has 0 radical (unpaired) electrons. The Morgan fingerprint density at radius 2 is 1.78 bits per heavy atom. The first-order valence-corrected chi connectivity index (χ1v) is 11.7. The molecule has 0 aliphatic heterocycles. The molecule has 11 heteroatoms. The fourth-order valence-corrected chi connectivity index (χ4v) is 3.51. The van der Waals surface area contributed by atoms with E-state index in [4.69, 9.17) is 13.7 Å². The molecule has 10 nitrogen and oxygen atoms in total. The summed E-state index contributed by atoms with van der Waals surface area (Å²) in [5.41, 5.74) is -0.331. The minimum absolute atomic E-state index is 0.100. The summed E-state index contributed by atoms with van der Waals surface area (Å²) < 4.78 is 38.4. The third kappa shape index (κ3) is 11.2. The highest BCUT2D eigenvalue weighted by Gasteiger charge is 2.36. The van der Waals surface area contributed by atoms with Crippen LogP contribution in [-0.2, 0) is 44.6 Å². The van der Waals surface area contributed by atoms with Gasteiger partial charge in [-0.25, -0.2) is 4.79 Å². The van der Waals surface area contributed by atoms with Gasteiger partial charge in [0.05, 0.1) is 12.4 Å². The van der Waals surface area contributed by atoms with Gasteiger partial charge in [0.25, 0.3) is 10.1 Å². The lowest BCUT2D eigenvalue weighted by molar-refractivity contribution is -0.178. The zero-order valence-electron chi connectivity index (χ0n) is 18.5. The largest absolute Gasteiger partial charge is 0.428 e. The zero-order valence-corrected chi connectivity index (χ0v) is 19.4. The first kappa shape index (κ1) is 27.5. The van der Waals surface area contributed by atoms with Gasteiger partial charge in [0.15, 0.2) is 6.10 Å². The third-order valence-corrected chi connectivity index (χ3v) is 5.67. The highest BCUT2D eigenvalue weighted by atomic mass is 32.2. The molecule has 0 fully saturated rings. The predicted octanol–water partition coefficient (Wildman–Crippen LogP) is 0.923. The lowest BCUT2D eigenvalue weighted by Crippen LogP contribution is -2.42. The normalized spacial score (nSPS) is 12.6. The van der Waals surface area contributed by atoms with Crippen LogP contribution in [0.3, 0.4) is 0 Å². The Morgan fingerprint density at radius 1 is 1.12 bits per heavy atom. The van der Waals surface area contributed by atoms with Crippen LogP contribution in [0.4, 0.5) is 0 Å². The Hall–Kier alpha value is -2.50. The average molecular weight is 474 g/mol. The molecule has 1 atom stereocenters. The van der Waals surface area contributed by atoms with Crippen molar-refractivity contribution < 1.29 is 41.6 Å². The molecule has 1 rings (SSSR count). The number of carbonyl (C=O) groups is 3. The number of hydrogen-bond donors (Lipinski definition) is 2. The number of amides is 1. The highest BCUT2D eigenvalue weighted by molar-refractivity contribution is 7.86. The summed E-state index contributed by atoms with van der Waals surface area (Å²) >= 11 is 0. The van der Waals surface area contributed by atoms with Crippen molar-refractivity contribution in [1.82, 2.24) is 5.32 Å². The zero-order chi connectivity index (χ0) is 24.2. The topological polar surface area (TPSA) is 145 Å². The first-order chi connectivity index (χ1) is 14.9. The van der Waals surface area contributed by atoms with Crippen molar-refractivity contribution in [2.75, 3.05) is 25.7 Å². The number of ether oxygens (including phenoxy) is 2. The molecule has 0 saturated carbocycles. The second-order valence-corrected chi connectivity index (χ2v) is 9.59. The summed E-state index contributed by atoms with van der Waals surface area (Å²) in [7, 11) is -3.91. The van der Waals surface area contributed by atoms with Crippen LogP contribution in [0.15, 0.2) is 30.3 Å². The van der Waals surface area contributed by atoms with Gasteiger partial charge in [0.1, 0.15) is 0 Å². The number of aliphatic hydroxyl groups excluding tert-OH is 1. The van der Waals surface area contributed by atoms with Crippen LogP contribution in [0.1, 0.15) is 39.2 Å². The fourth-order valence-electron chi connectivity index (χ4n) is 2.41. The summed E-state index contributed by atoms with van der Waals surface area (Å²) in [5, 5.41) is 12.7. The molecule has 0 heterocycles. The maximum absolute atomic E-state index is 12.0. The summed E-state index contributed by atoms with van der Waals surface area (Å²) in [4.78, 5) is 34.6. The van der Waals surface area contributed by atoms with E-state index >= 15 is 0 Å². The summed E-state index contributed by atoms with van der Waals surface area (Å²) in [6, 6.07) is 9.32. The number of nitrogens with one attached hydrogen (secondary N) is 1. The Morgan fingerprint density at radius 3 is 2.41 bits per heavy atom. The van der Waals surface area contributed by atoms with Gasteiger partial charge in [0.2, 0.25) is 12.7 Å². The van der Waals surface area contributed by atoms with Crippen LogP contribution < -0.4 is 5.32 Å². The minimum atomic E-state index is -3.91. The van der Waals surface area contributed by atoms with Gasteiger partial charge >= 0.3 is 11.9 Å². The molecule has 1 amide bonds. The van der Waals surface area contributed by atoms with Crippen molar-refractivity contribution >= 4 is 28.0 Å². The molecule has 0 unspecified atom stereocenters. The molecule has 1 aromatic rings. The number of rotatable bonds is 14. The van der Waals surface area contributed by atoms with Crippen molar-refractivity contribution in [3.63, 3.8) is 0 Å². The van der Waals surface area contributed by atoms with Crippen LogP contribution in [0.25, 0.3) is 0 Å². The van der Waals surface area contributed by atoms with Crippen LogP contribution in [0, 0.1) is 5.41 Å². The second kappa shape index (κ2) is 13.1. The van der Waals surface area contributed by atoms with Crippen LogP contribution in [0.5, 0.6) is 0 Å². The van der Waals surface area contributed by atoms with Gasteiger partial charge in [0, 0.05) is 25.3 Å². The minimum Gasteiger partial charge on any atom is -0.428 e. The number of esters is 2. The van der Waals surface area contributed by atoms with Crippen molar-refractivity contribution in [3.05, 3.63) is 35.9 Å². The highest BCUT2D eigenvalue weighted by Crippen LogP contribution is 2.23. The molecule has 32 heavy (non-hydrogen) atoms. The van der Waals surface area contributed by atoms with Crippen molar-refractivity contribution in [3.8, 4) is 0 Å². The Balaban J connectivity index is 2.35. The van der Waals surface area contributed by atoms with Gasteiger partial charge in [-0.05, 0) is 18.4 Å². The molecule has 0 aromatic heterocycles. The molecule has 2 N–H and O–H groups in total. The van der Waals surface area contributed by atoms with E-state index in [9.17, 15) is 27.9 Å². The maximum Gasteiger partial charge on any atom is 0.338 e. The molecule has 180 valence electrons. The molecule has 0 spiro atoms. The van der Waals surface area contributed by atoms with Crippen molar-refractivity contribution in [1.29, 1.82) is 0 Å². The van der Waals surface area contributed by atoms with E-state index in [1.54, 1.807) is 0 Å². The van der Waals surface area contributed by atoms with Gasteiger partial charge in [-0.3, -0.25) is 13.8 Å². The standard InChI is InChI=1S/C21H31NO9S/c1-16(23)22-12-7-13-32(27,28)31-14-21(2,3)19(25)20(26)30-15-29-18(24)11-10-17-8-5-4-6-9-17/h4-6,8-9,19,25H,7,10-15H2,1-3H3,(H,22,23)/t19-/m0/s1. The molecule has 0 saturated heterocycles. The van der Waals surface area contributed by atoms with Crippen LogP contribution >= 0.6 is 0 Å². The molecule has 0 aliphatic rings. The molecular formula is C21H31NO9S. The van der Waals surface area contributed by atoms with E-state index in [1.807, 2.05) is 30.3 Å². The van der Waals surface area contributed by atoms with E-state index in [0.29, 0.717) is 6.42 Å². The Labute approximate surface area is 188 Å². The van der Waals surface area contributed by atoms with E-state index in [0.717, 1.165) is 5.56 Å². The smallest absolute Gasteiger partial charge is 0.338 e. The summed E-state index contributed by atoms with van der Waals surface area (Å²) in [5.74, 6) is -2.24. The molecule has 0 aliphatic carbocycles. The van der Waals surface area contributed by atoms with Crippen LogP contribution in [-0.4, -0.2) is 63.2 Å². The van der Waals surface area contributed by atoms with Crippen molar-refractivity contribution in [2.45, 2.75) is 46.1 Å². The lowest BCUT2D eigenvalue weighted by Gasteiger charge is -2.28. The monoisotopic (exact) mass is 473 g/mol. The molecule has 1 aromatic carbocycles. The van der Waals surface area contributed by atoms with E-state index in [2.05, 4.69) is 5.32 Å². The van der Waals surface area contributed by atoms with Gasteiger partial charge < -0.3 is 19.9 Å². The summed E-state index contributed by atoms with van der Waals surface area (Å²) in [6.07, 6.45) is -0.980.